The number of hydrogen-bond acceptors (Lipinski definition) is 1. The van der Waals surface area contributed by atoms with Gasteiger partial charge in [-0.15, -0.1) is 0 Å². The van der Waals surface area contributed by atoms with Crippen molar-refractivity contribution in [3.05, 3.63) is 0 Å². The third-order valence-corrected chi connectivity index (χ3v) is 5.31. The fourth-order valence-corrected chi connectivity index (χ4v) is 4.62. The molecule has 0 bridgehead atoms. The fraction of sp³-hybridized carbons (Fsp3) is 1.00. The van der Waals surface area contributed by atoms with Gasteiger partial charge in [0.2, 0.25) is 0 Å². The lowest BCUT2D eigenvalue weighted by Gasteiger charge is -2.51. The highest BCUT2D eigenvalue weighted by atomic mass is 16.5. The first-order valence-corrected chi connectivity index (χ1v) is 8.98. The summed E-state index contributed by atoms with van der Waals surface area (Å²) in [5, 5.41) is 0. The van der Waals surface area contributed by atoms with Crippen LogP contribution in [-0.4, -0.2) is 12.2 Å². The van der Waals surface area contributed by atoms with Gasteiger partial charge < -0.3 is 4.74 Å². The molecule has 0 saturated carbocycles. The van der Waals surface area contributed by atoms with Crippen LogP contribution in [0.25, 0.3) is 0 Å². The molecule has 1 aliphatic heterocycles. The van der Waals surface area contributed by atoms with Crippen LogP contribution >= 0.6 is 0 Å². The highest BCUT2D eigenvalue weighted by molar-refractivity contribution is 4.93. The maximum atomic E-state index is 6.60. The SMILES string of the molecule is CCC1OC(CC(C)C)C(C(C)C)C(C(C)C)C1CC. The highest BCUT2D eigenvalue weighted by Gasteiger charge is 2.46. The highest BCUT2D eigenvalue weighted by Crippen LogP contribution is 2.46. The van der Waals surface area contributed by atoms with Crippen molar-refractivity contribution in [2.75, 3.05) is 0 Å². The van der Waals surface area contributed by atoms with Crippen molar-refractivity contribution in [2.24, 2.45) is 35.5 Å². The van der Waals surface area contributed by atoms with Gasteiger partial charge >= 0.3 is 0 Å². The van der Waals surface area contributed by atoms with Crippen LogP contribution in [0, 0.1) is 35.5 Å². The molecule has 1 saturated heterocycles. The van der Waals surface area contributed by atoms with Crippen LogP contribution in [0.4, 0.5) is 0 Å². The second-order valence-corrected chi connectivity index (χ2v) is 7.97. The van der Waals surface area contributed by atoms with E-state index in [-0.39, 0.29) is 0 Å². The molecular weight excluding hydrogens is 244 g/mol. The van der Waals surface area contributed by atoms with Gasteiger partial charge in [0.15, 0.2) is 0 Å². The zero-order valence-corrected chi connectivity index (χ0v) is 15.1. The van der Waals surface area contributed by atoms with Crippen LogP contribution in [0.5, 0.6) is 0 Å². The molecule has 0 radical (unpaired) electrons. The summed E-state index contributed by atoms with van der Waals surface area (Å²) < 4.78 is 6.60. The van der Waals surface area contributed by atoms with E-state index >= 15 is 0 Å². The Morgan fingerprint density at radius 3 is 1.65 bits per heavy atom. The molecule has 0 aromatic rings. The predicted octanol–water partition coefficient (Wildman–Crippen LogP) is 5.78. The Morgan fingerprint density at radius 2 is 1.30 bits per heavy atom. The van der Waals surface area contributed by atoms with Crippen LogP contribution in [0.1, 0.15) is 74.7 Å². The predicted molar refractivity (Wildman–Crippen MR) is 88.8 cm³/mol. The van der Waals surface area contributed by atoms with Crippen molar-refractivity contribution in [3.63, 3.8) is 0 Å². The Morgan fingerprint density at radius 1 is 0.750 bits per heavy atom. The van der Waals surface area contributed by atoms with Gasteiger partial charge in [0, 0.05) is 0 Å². The zero-order valence-electron chi connectivity index (χ0n) is 15.1. The van der Waals surface area contributed by atoms with Gasteiger partial charge in [-0.3, -0.25) is 0 Å². The normalized spacial score (nSPS) is 35.2. The van der Waals surface area contributed by atoms with Crippen LogP contribution in [-0.2, 0) is 4.74 Å². The third kappa shape index (κ3) is 4.00. The molecule has 1 heteroatoms. The average Bonchev–Trinajstić information content (AvgIpc) is 2.35. The van der Waals surface area contributed by atoms with Crippen molar-refractivity contribution in [1.82, 2.24) is 0 Å². The lowest BCUT2D eigenvalue weighted by molar-refractivity contribution is -0.173. The smallest absolute Gasteiger partial charge is 0.0614 e. The molecule has 1 rings (SSSR count). The molecule has 1 nitrogen and oxygen atoms in total. The monoisotopic (exact) mass is 282 g/mol. The molecule has 120 valence electrons. The molecule has 1 fully saturated rings. The Balaban J connectivity index is 3.07. The van der Waals surface area contributed by atoms with Crippen molar-refractivity contribution >= 4 is 0 Å². The van der Waals surface area contributed by atoms with E-state index in [1.165, 1.54) is 19.3 Å². The van der Waals surface area contributed by atoms with Crippen molar-refractivity contribution < 1.29 is 4.74 Å². The summed E-state index contributed by atoms with van der Waals surface area (Å²) in [5.41, 5.74) is 0. The molecular formula is C19H38O. The Hall–Kier alpha value is -0.0400. The first kappa shape index (κ1) is 18.0. The van der Waals surface area contributed by atoms with Gasteiger partial charge in [-0.1, -0.05) is 61.8 Å². The molecule has 20 heavy (non-hydrogen) atoms. The number of ether oxygens (including phenoxy) is 1. The van der Waals surface area contributed by atoms with Crippen molar-refractivity contribution in [2.45, 2.75) is 86.9 Å². The van der Waals surface area contributed by atoms with Gasteiger partial charge in [0.05, 0.1) is 12.2 Å². The Bertz CT molecular complexity index is 269. The fourth-order valence-electron chi connectivity index (χ4n) is 4.62. The molecule has 0 aliphatic carbocycles. The van der Waals surface area contributed by atoms with Crippen LogP contribution in [0.3, 0.4) is 0 Å². The molecule has 0 N–H and O–H groups in total. The van der Waals surface area contributed by atoms with E-state index in [1.54, 1.807) is 0 Å². The van der Waals surface area contributed by atoms with E-state index < -0.39 is 0 Å². The molecule has 5 atom stereocenters. The number of hydrogen-bond donors (Lipinski definition) is 0. The van der Waals surface area contributed by atoms with Gasteiger partial charge in [0.1, 0.15) is 0 Å². The average molecular weight is 283 g/mol. The minimum atomic E-state index is 0.468. The maximum absolute atomic E-state index is 6.60. The van der Waals surface area contributed by atoms with E-state index in [4.69, 9.17) is 4.74 Å². The molecule has 5 unspecified atom stereocenters. The molecule has 1 aliphatic rings. The molecule has 0 aromatic carbocycles. The molecule has 0 amide bonds. The van der Waals surface area contributed by atoms with E-state index in [9.17, 15) is 0 Å². The van der Waals surface area contributed by atoms with Gasteiger partial charge in [0.25, 0.3) is 0 Å². The lowest BCUT2D eigenvalue weighted by Crippen LogP contribution is -2.51. The second kappa shape index (κ2) is 7.82. The first-order valence-electron chi connectivity index (χ1n) is 8.98. The Labute approximate surface area is 127 Å². The Kier molecular flexibility index (Phi) is 7.04. The van der Waals surface area contributed by atoms with Crippen molar-refractivity contribution in [1.29, 1.82) is 0 Å². The molecule has 0 spiro atoms. The van der Waals surface area contributed by atoms with Gasteiger partial charge in [-0.2, -0.15) is 0 Å². The molecule has 1 heterocycles. The lowest BCUT2D eigenvalue weighted by atomic mass is 9.63. The summed E-state index contributed by atoms with van der Waals surface area (Å²) in [6, 6.07) is 0. The molecule has 0 aromatic heterocycles. The van der Waals surface area contributed by atoms with E-state index in [2.05, 4.69) is 55.4 Å². The zero-order chi connectivity index (χ0) is 15.4. The summed E-state index contributed by atoms with van der Waals surface area (Å²) in [4.78, 5) is 0. The third-order valence-electron chi connectivity index (χ3n) is 5.31. The van der Waals surface area contributed by atoms with Gasteiger partial charge in [-0.25, -0.2) is 0 Å². The topological polar surface area (TPSA) is 9.23 Å². The first-order chi connectivity index (χ1) is 9.33. The largest absolute Gasteiger partial charge is 0.374 e. The summed E-state index contributed by atoms with van der Waals surface area (Å²) in [5.74, 6) is 4.51. The van der Waals surface area contributed by atoms with Crippen LogP contribution < -0.4 is 0 Å². The van der Waals surface area contributed by atoms with Gasteiger partial charge in [-0.05, 0) is 48.3 Å². The summed E-state index contributed by atoms with van der Waals surface area (Å²) in [7, 11) is 0. The minimum absolute atomic E-state index is 0.468. The van der Waals surface area contributed by atoms with Crippen LogP contribution in [0.2, 0.25) is 0 Å². The summed E-state index contributed by atoms with van der Waals surface area (Å²) in [6.07, 6.45) is 4.60. The van der Waals surface area contributed by atoms with E-state index in [0.29, 0.717) is 12.2 Å². The van der Waals surface area contributed by atoms with E-state index in [0.717, 1.165) is 35.5 Å². The second-order valence-electron chi connectivity index (χ2n) is 7.97. The van der Waals surface area contributed by atoms with E-state index in [1.807, 2.05) is 0 Å². The number of rotatable bonds is 6. The minimum Gasteiger partial charge on any atom is -0.374 e. The van der Waals surface area contributed by atoms with Crippen molar-refractivity contribution in [3.8, 4) is 0 Å². The standard InChI is InChI=1S/C19H38O/c1-9-15-16(10-2)20-17(11-12(3)4)19(14(7)8)18(15)13(5)6/h12-19H,9-11H2,1-8H3. The van der Waals surface area contributed by atoms with Crippen LogP contribution in [0.15, 0.2) is 0 Å². The quantitative estimate of drug-likeness (QED) is 0.600. The maximum Gasteiger partial charge on any atom is 0.0614 e. The summed E-state index contributed by atoms with van der Waals surface area (Å²) >= 11 is 0. The summed E-state index contributed by atoms with van der Waals surface area (Å²) in [6.45, 7) is 19.0.